The normalized spacial score (nSPS) is 11.7. The Hall–Kier alpha value is -3.12. The van der Waals surface area contributed by atoms with Crippen molar-refractivity contribution in [2.75, 3.05) is 7.11 Å². The summed E-state index contributed by atoms with van der Waals surface area (Å²) in [6.45, 7) is 0.540. The van der Waals surface area contributed by atoms with E-state index in [1.165, 1.54) is 23.5 Å². The molecule has 6 heteroatoms. The van der Waals surface area contributed by atoms with Gasteiger partial charge in [0.05, 0.1) is 31.3 Å². The summed E-state index contributed by atoms with van der Waals surface area (Å²) < 4.78 is 26.1. The molecule has 0 bridgehead atoms. The van der Waals surface area contributed by atoms with Gasteiger partial charge in [0.2, 0.25) is 0 Å². The van der Waals surface area contributed by atoms with Crippen LogP contribution in [0.25, 0.3) is 11.3 Å². The van der Waals surface area contributed by atoms with E-state index in [0.717, 1.165) is 33.3 Å². The lowest BCUT2D eigenvalue weighted by Gasteiger charge is -2.08. The summed E-state index contributed by atoms with van der Waals surface area (Å²) in [5.41, 5.74) is 2.72. The van der Waals surface area contributed by atoms with Crippen molar-refractivity contribution in [3.63, 3.8) is 0 Å². The zero-order valence-corrected chi connectivity index (χ0v) is 15.4. The number of hydrogen-bond donors (Lipinski definition) is 0. The zero-order valence-electron chi connectivity index (χ0n) is 14.6. The number of ether oxygens (including phenoxy) is 1. The minimum atomic E-state index is -0.255. The van der Waals surface area contributed by atoms with E-state index in [0.29, 0.717) is 6.54 Å². The van der Waals surface area contributed by atoms with Gasteiger partial charge in [-0.1, -0.05) is 0 Å². The molecule has 0 amide bonds. The number of thiazole rings is 1. The molecular formula is C21H17FN2O2S. The number of nitrogens with zero attached hydrogens (tertiary/aromatic N) is 2. The van der Waals surface area contributed by atoms with Gasteiger partial charge < -0.3 is 13.7 Å². The minimum absolute atomic E-state index is 0.255. The highest BCUT2D eigenvalue weighted by Gasteiger charge is 2.10. The van der Waals surface area contributed by atoms with E-state index in [1.807, 2.05) is 41.8 Å². The molecule has 0 aliphatic carbocycles. The van der Waals surface area contributed by atoms with Gasteiger partial charge in [-0.25, -0.2) is 9.38 Å². The number of rotatable bonds is 5. The third-order valence-corrected chi connectivity index (χ3v) is 4.99. The van der Waals surface area contributed by atoms with E-state index in [1.54, 1.807) is 25.5 Å². The first-order chi connectivity index (χ1) is 13.2. The predicted molar refractivity (Wildman–Crippen MR) is 104 cm³/mol. The number of halogens is 1. The van der Waals surface area contributed by atoms with Gasteiger partial charge in [0.1, 0.15) is 17.3 Å². The van der Waals surface area contributed by atoms with Crippen LogP contribution in [-0.2, 0) is 6.54 Å². The summed E-state index contributed by atoms with van der Waals surface area (Å²) in [7, 11) is 1.64. The Balaban J connectivity index is 1.80. The Morgan fingerprint density at radius 2 is 1.85 bits per heavy atom. The first-order valence-corrected chi connectivity index (χ1v) is 9.26. The van der Waals surface area contributed by atoms with Crippen LogP contribution in [0, 0.1) is 5.82 Å². The molecule has 2 aromatic carbocycles. The molecule has 4 aromatic rings. The van der Waals surface area contributed by atoms with Crippen LogP contribution < -0.4 is 9.54 Å². The fourth-order valence-corrected chi connectivity index (χ4v) is 3.68. The molecule has 2 aromatic heterocycles. The Kier molecular flexibility index (Phi) is 4.89. The van der Waals surface area contributed by atoms with E-state index in [9.17, 15) is 4.39 Å². The second-order valence-electron chi connectivity index (χ2n) is 5.89. The Morgan fingerprint density at radius 3 is 2.52 bits per heavy atom. The first-order valence-electron chi connectivity index (χ1n) is 8.38. The lowest BCUT2D eigenvalue weighted by molar-refractivity contribution is 0.415. The monoisotopic (exact) mass is 380 g/mol. The van der Waals surface area contributed by atoms with Crippen LogP contribution in [0.5, 0.6) is 5.75 Å². The minimum Gasteiger partial charge on any atom is -0.497 e. The van der Waals surface area contributed by atoms with Gasteiger partial charge in [-0.15, -0.1) is 11.3 Å². The van der Waals surface area contributed by atoms with Gasteiger partial charge >= 0.3 is 0 Å². The molecule has 4 rings (SSSR count). The van der Waals surface area contributed by atoms with E-state index in [4.69, 9.17) is 14.1 Å². The number of furan rings is 1. The predicted octanol–water partition coefficient (Wildman–Crippen LogP) is 5.24. The number of aromatic nitrogens is 1. The maximum atomic E-state index is 13.3. The fourth-order valence-electron chi connectivity index (χ4n) is 2.75. The van der Waals surface area contributed by atoms with Crippen molar-refractivity contribution in [2.45, 2.75) is 6.54 Å². The van der Waals surface area contributed by atoms with Crippen molar-refractivity contribution >= 4 is 17.0 Å². The number of benzene rings is 2. The molecule has 136 valence electrons. The molecule has 0 saturated carbocycles. The van der Waals surface area contributed by atoms with Crippen molar-refractivity contribution in [3.05, 3.63) is 88.7 Å². The van der Waals surface area contributed by atoms with Crippen LogP contribution in [0.3, 0.4) is 0 Å². The Bertz CT molecular complexity index is 1080. The number of hydrogen-bond acceptors (Lipinski definition) is 4. The molecular weight excluding hydrogens is 363 g/mol. The van der Waals surface area contributed by atoms with Gasteiger partial charge in [0.15, 0.2) is 4.80 Å². The standard InChI is InChI=1S/C21H17FN2O2S/c1-25-18-10-8-17(9-11-18)23-21-24(13-19-3-2-12-26-19)20(14-27-21)15-4-6-16(22)7-5-15/h2-12,14H,13H2,1H3. The largest absolute Gasteiger partial charge is 0.497 e. The second-order valence-corrected chi connectivity index (χ2v) is 6.72. The van der Waals surface area contributed by atoms with Crippen LogP contribution in [0.4, 0.5) is 10.1 Å². The summed E-state index contributed by atoms with van der Waals surface area (Å²) in [5, 5.41) is 2.03. The van der Waals surface area contributed by atoms with Crippen LogP contribution in [0.15, 0.2) is 81.7 Å². The summed E-state index contributed by atoms with van der Waals surface area (Å²) in [4.78, 5) is 5.60. The van der Waals surface area contributed by atoms with E-state index in [2.05, 4.69) is 4.57 Å². The maximum absolute atomic E-state index is 13.3. The topological polar surface area (TPSA) is 39.7 Å². The second kappa shape index (κ2) is 7.63. The quantitative estimate of drug-likeness (QED) is 0.475. The molecule has 0 fully saturated rings. The summed E-state index contributed by atoms with van der Waals surface area (Å²) >= 11 is 1.53. The molecule has 0 N–H and O–H groups in total. The van der Waals surface area contributed by atoms with Gasteiger partial charge in [0.25, 0.3) is 0 Å². The highest BCUT2D eigenvalue weighted by atomic mass is 32.1. The SMILES string of the molecule is COc1ccc(N=c2scc(-c3ccc(F)cc3)n2Cc2ccco2)cc1. The van der Waals surface area contributed by atoms with Crippen molar-refractivity contribution < 1.29 is 13.5 Å². The summed E-state index contributed by atoms with van der Waals surface area (Å²) in [6.07, 6.45) is 1.65. The maximum Gasteiger partial charge on any atom is 0.190 e. The summed E-state index contributed by atoms with van der Waals surface area (Å²) in [5.74, 6) is 1.36. The molecule has 0 aliphatic rings. The molecule has 0 spiro atoms. The molecule has 0 atom stereocenters. The van der Waals surface area contributed by atoms with Crippen molar-refractivity contribution in [1.29, 1.82) is 0 Å². The molecule has 0 saturated heterocycles. The van der Waals surface area contributed by atoms with Gasteiger partial charge in [-0.3, -0.25) is 0 Å². The smallest absolute Gasteiger partial charge is 0.190 e. The highest BCUT2D eigenvalue weighted by molar-refractivity contribution is 7.07. The van der Waals surface area contributed by atoms with Crippen molar-refractivity contribution in [2.24, 2.45) is 4.99 Å². The lowest BCUT2D eigenvalue weighted by Crippen LogP contribution is -2.16. The first kappa shape index (κ1) is 17.3. The van der Waals surface area contributed by atoms with Crippen LogP contribution in [0.1, 0.15) is 5.76 Å². The Morgan fingerprint density at radius 1 is 1.07 bits per heavy atom. The van der Waals surface area contributed by atoms with Crippen molar-refractivity contribution in [1.82, 2.24) is 4.57 Å². The van der Waals surface area contributed by atoms with Gasteiger partial charge in [0, 0.05) is 5.38 Å². The van der Waals surface area contributed by atoms with Crippen LogP contribution in [0.2, 0.25) is 0 Å². The van der Waals surface area contributed by atoms with Crippen LogP contribution >= 0.6 is 11.3 Å². The highest BCUT2D eigenvalue weighted by Crippen LogP contribution is 2.23. The van der Waals surface area contributed by atoms with Crippen molar-refractivity contribution in [3.8, 4) is 17.0 Å². The summed E-state index contributed by atoms with van der Waals surface area (Å²) in [6, 6.07) is 17.8. The molecule has 4 nitrogen and oxygen atoms in total. The molecule has 27 heavy (non-hydrogen) atoms. The zero-order chi connectivity index (χ0) is 18.6. The fraction of sp³-hybridized carbons (Fsp3) is 0.0952. The average Bonchev–Trinajstić information content (AvgIpc) is 3.34. The van der Waals surface area contributed by atoms with Crippen LogP contribution in [-0.4, -0.2) is 11.7 Å². The van der Waals surface area contributed by atoms with Gasteiger partial charge in [-0.05, 0) is 66.2 Å². The third kappa shape index (κ3) is 3.85. The molecule has 0 radical (unpaired) electrons. The molecule has 0 unspecified atom stereocenters. The lowest BCUT2D eigenvalue weighted by atomic mass is 10.1. The number of methoxy groups -OCH3 is 1. The molecule has 2 heterocycles. The van der Waals surface area contributed by atoms with E-state index in [-0.39, 0.29) is 5.82 Å². The van der Waals surface area contributed by atoms with E-state index >= 15 is 0 Å². The van der Waals surface area contributed by atoms with E-state index < -0.39 is 0 Å². The average molecular weight is 380 g/mol. The molecule has 0 aliphatic heterocycles. The Labute approximate surface area is 159 Å². The third-order valence-electron chi connectivity index (χ3n) is 4.13. The van der Waals surface area contributed by atoms with Gasteiger partial charge in [-0.2, -0.15) is 0 Å².